The molecule has 0 atom stereocenters. The topological polar surface area (TPSA) is 77.1 Å². The molecule has 0 aliphatic heterocycles. The summed E-state index contributed by atoms with van der Waals surface area (Å²) in [4.78, 5) is 28.5. The average molecular weight is 273 g/mol. The number of amides is 1. The van der Waals surface area contributed by atoms with E-state index >= 15 is 0 Å². The summed E-state index contributed by atoms with van der Waals surface area (Å²) in [6, 6.07) is 0. The second kappa shape index (κ2) is 4.63. The Kier molecular flexibility index (Phi) is 2.93. The molecule has 2 aromatic heterocycles. The number of fused-ring (bicyclic) bond motifs is 1. The Hall–Kier alpha value is -2.37. The smallest absolute Gasteiger partial charge is 0.262 e. The lowest BCUT2D eigenvalue weighted by atomic mass is 9.93. The van der Waals surface area contributed by atoms with Gasteiger partial charge in [-0.15, -0.1) is 0 Å². The van der Waals surface area contributed by atoms with Gasteiger partial charge in [0.25, 0.3) is 5.91 Å². The van der Waals surface area contributed by atoms with E-state index in [4.69, 9.17) is 4.42 Å². The summed E-state index contributed by atoms with van der Waals surface area (Å²) in [6.07, 6.45) is 5.28. The van der Waals surface area contributed by atoms with Crippen molar-refractivity contribution in [1.29, 1.82) is 0 Å². The summed E-state index contributed by atoms with van der Waals surface area (Å²) in [5.41, 5.74) is 0.785. The number of carbonyl (C=O) groups is 2. The Labute approximate surface area is 115 Å². The highest BCUT2D eigenvalue weighted by Crippen LogP contribution is 2.29. The van der Waals surface area contributed by atoms with Gasteiger partial charge in [-0.2, -0.15) is 0 Å². The Morgan fingerprint density at radius 1 is 1.45 bits per heavy atom. The predicted octanol–water partition coefficient (Wildman–Crippen LogP) is 2.09. The van der Waals surface area contributed by atoms with E-state index in [0.717, 1.165) is 6.42 Å². The van der Waals surface area contributed by atoms with Crippen LogP contribution >= 0.6 is 0 Å². The molecule has 6 nitrogen and oxygen atoms in total. The number of aryl methyl sites for hydroxylation is 3. The molecule has 2 aromatic rings. The number of ketones is 1. The summed E-state index contributed by atoms with van der Waals surface area (Å²) in [6.45, 7) is 1.71. The van der Waals surface area contributed by atoms with Crippen molar-refractivity contribution in [2.45, 2.75) is 26.2 Å². The van der Waals surface area contributed by atoms with E-state index < -0.39 is 0 Å². The molecule has 0 aromatic carbocycles. The number of hydrogen-bond donors (Lipinski definition) is 1. The fourth-order valence-electron chi connectivity index (χ4n) is 2.53. The zero-order valence-electron chi connectivity index (χ0n) is 11.4. The van der Waals surface area contributed by atoms with Gasteiger partial charge in [0.05, 0.1) is 11.1 Å². The monoisotopic (exact) mass is 273 g/mol. The van der Waals surface area contributed by atoms with Crippen molar-refractivity contribution in [3.05, 3.63) is 35.0 Å². The Morgan fingerprint density at radius 2 is 2.25 bits per heavy atom. The number of carbonyl (C=O) groups excluding carboxylic acids is 2. The first kappa shape index (κ1) is 12.7. The van der Waals surface area contributed by atoms with Crippen LogP contribution in [0.4, 0.5) is 5.95 Å². The fraction of sp³-hybridized carbons (Fsp3) is 0.357. The molecule has 6 heteroatoms. The number of Topliss-reactive ketones (excluding diaryl/α,β-unsaturated/α-hetero) is 1. The number of aromatic nitrogens is 2. The summed E-state index contributed by atoms with van der Waals surface area (Å²) in [5, 5.41) is 2.70. The Bertz CT molecular complexity index is 697. The highest BCUT2D eigenvalue weighted by atomic mass is 16.3. The van der Waals surface area contributed by atoms with Crippen molar-refractivity contribution >= 4 is 17.6 Å². The first-order valence-corrected chi connectivity index (χ1v) is 6.52. The van der Waals surface area contributed by atoms with Crippen LogP contribution < -0.4 is 5.32 Å². The second-order valence-corrected chi connectivity index (χ2v) is 4.92. The summed E-state index contributed by atoms with van der Waals surface area (Å²) < 4.78 is 7.27. The van der Waals surface area contributed by atoms with E-state index in [9.17, 15) is 9.59 Å². The first-order valence-electron chi connectivity index (χ1n) is 6.52. The lowest BCUT2D eigenvalue weighted by molar-refractivity contribution is 0.0954. The SMILES string of the molecule is Cc1oc2c(c1C(=O)Nc1nccn1C)C(=O)CCC2. The van der Waals surface area contributed by atoms with Crippen molar-refractivity contribution in [3.63, 3.8) is 0 Å². The normalized spacial score (nSPS) is 14.2. The van der Waals surface area contributed by atoms with Gasteiger partial charge in [-0.3, -0.25) is 14.9 Å². The number of rotatable bonds is 2. The molecule has 1 aliphatic carbocycles. The van der Waals surface area contributed by atoms with Crippen molar-refractivity contribution in [2.75, 3.05) is 5.32 Å². The van der Waals surface area contributed by atoms with Gasteiger partial charge in [-0.25, -0.2) is 4.98 Å². The molecule has 0 saturated carbocycles. The van der Waals surface area contributed by atoms with Gasteiger partial charge in [0.2, 0.25) is 5.95 Å². The molecule has 104 valence electrons. The van der Waals surface area contributed by atoms with Crippen LogP contribution in [-0.2, 0) is 13.5 Å². The van der Waals surface area contributed by atoms with Crippen LogP contribution in [0.5, 0.6) is 0 Å². The van der Waals surface area contributed by atoms with Crippen LogP contribution in [0, 0.1) is 6.92 Å². The zero-order valence-corrected chi connectivity index (χ0v) is 11.4. The van der Waals surface area contributed by atoms with Crippen LogP contribution in [-0.4, -0.2) is 21.2 Å². The molecule has 2 heterocycles. The van der Waals surface area contributed by atoms with E-state index in [1.54, 1.807) is 30.9 Å². The maximum absolute atomic E-state index is 12.4. The second-order valence-electron chi connectivity index (χ2n) is 4.92. The number of imidazole rings is 1. The molecule has 0 fully saturated rings. The van der Waals surface area contributed by atoms with Crippen molar-refractivity contribution in [3.8, 4) is 0 Å². The van der Waals surface area contributed by atoms with Crippen LogP contribution in [0.3, 0.4) is 0 Å². The Morgan fingerprint density at radius 3 is 2.95 bits per heavy atom. The standard InChI is InChI=1S/C14H15N3O3/c1-8-11(12-9(18)4-3-5-10(12)20-8)13(19)16-14-15-6-7-17(14)2/h6-7H,3-5H2,1-2H3,(H,15,16,19). The lowest BCUT2D eigenvalue weighted by Gasteiger charge is -2.10. The number of nitrogens with zero attached hydrogens (tertiary/aromatic N) is 2. The molecule has 1 amide bonds. The van der Waals surface area contributed by atoms with E-state index in [2.05, 4.69) is 10.3 Å². The van der Waals surface area contributed by atoms with E-state index in [-0.39, 0.29) is 11.7 Å². The molecule has 0 radical (unpaired) electrons. The number of anilines is 1. The van der Waals surface area contributed by atoms with Gasteiger partial charge in [0.1, 0.15) is 11.5 Å². The molecule has 0 saturated heterocycles. The predicted molar refractivity (Wildman–Crippen MR) is 71.9 cm³/mol. The van der Waals surface area contributed by atoms with Gasteiger partial charge in [0, 0.05) is 32.3 Å². The van der Waals surface area contributed by atoms with Gasteiger partial charge < -0.3 is 8.98 Å². The lowest BCUT2D eigenvalue weighted by Crippen LogP contribution is -2.20. The van der Waals surface area contributed by atoms with E-state index in [1.807, 2.05) is 0 Å². The third-order valence-electron chi connectivity index (χ3n) is 3.52. The van der Waals surface area contributed by atoms with Crippen molar-refractivity contribution in [1.82, 2.24) is 9.55 Å². The minimum Gasteiger partial charge on any atom is -0.465 e. The van der Waals surface area contributed by atoms with Crippen LogP contribution in [0.2, 0.25) is 0 Å². The summed E-state index contributed by atoms with van der Waals surface area (Å²) >= 11 is 0. The van der Waals surface area contributed by atoms with Gasteiger partial charge in [-0.1, -0.05) is 0 Å². The van der Waals surface area contributed by atoms with Crippen LogP contribution in [0.1, 0.15) is 45.1 Å². The number of nitrogens with one attached hydrogen (secondary N) is 1. The first-order chi connectivity index (χ1) is 9.58. The highest BCUT2D eigenvalue weighted by Gasteiger charge is 2.30. The average Bonchev–Trinajstić information content (AvgIpc) is 2.94. The molecular formula is C14H15N3O3. The van der Waals surface area contributed by atoms with Crippen LogP contribution in [0.25, 0.3) is 0 Å². The van der Waals surface area contributed by atoms with Crippen molar-refractivity contribution in [2.24, 2.45) is 7.05 Å². The van der Waals surface area contributed by atoms with E-state index in [1.165, 1.54) is 0 Å². The molecule has 3 rings (SSSR count). The number of furan rings is 1. The van der Waals surface area contributed by atoms with Crippen molar-refractivity contribution < 1.29 is 14.0 Å². The summed E-state index contributed by atoms with van der Waals surface area (Å²) in [7, 11) is 1.78. The van der Waals surface area contributed by atoms with Gasteiger partial charge in [0.15, 0.2) is 5.78 Å². The summed E-state index contributed by atoms with van der Waals surface area (Å²) in [5.74, 6) is 1.18. The molecule has 0 unspecified atom stereocenters. The zero-order chi connectivity index (χ0) is 14.3. The molecule has 1 aliphatic rings. The van der Waals surface area contributed by atoms with Crippen LogP contribution in [0.15, 0.2) is 16.8 Å². The van der Waals surface area contributed by atoms with Gasteiger partial charge in [-0.05, 0) is 13.3 Å². The highest BCUT2D eigenvalue weighted by molar-refractivity contribution is 6.13. The quantitative estimate of drug-likeness (QED) is 0.908. The third-order valence-corrected chi connectivity index (χ3v) is 3.52. The minimum absolute atomic E-state index is 0.0203. The molecular weight excluding hydrogens is 258 g/mol. The maximum atomic E-state index is 12.4. The molecule has 0 spiro atoms. The minimum atomic E-state index is -0.350. The third kappa shape index (κ3) is 1.93. The van der Waals surface area contributed by atoms with Gasteiger partial charge >= 0.3 is 0 Å². The van der Waals surface area contributed by atoms with E-state index in [0.29, 0.717) is 41.4 Å². The molecule has 0 bridgehead atoms. The largest absolute Gasteiger partial charge is 0.465 e. The molecule has 20 heavy (non-hydrogen) atoms. The fourth-order valence-corrected chi connectivity index (χ4v) is 2.53. The Balaban J connectivity index is 1.98. The number of hydrogen-bond acceptors (Lipinski definition) is 4. The molecule has 1 N–H and O–H groups in total. The maximum Gasteiger partial charge on any atom is 0.262 e.